The highest BCUT2D eigenvalue weighted by molar-refractivity contribution is 5.82. The van der Waals surface area contributed by atoms with Gasteiger partial charge in [0.1, 0.15) is 11.9 Å². The van der Waals surface area contributed by atoms with Crippen LogP contribution >= 0.6 is 0 Å². The maximum Gasteiger partial charge on any atom is 0.328 e. The standard InChI is InChI=1S/C13H15N3O3/c1-8-14-10-5-3-4-6-12(10)16(8)7-11(13(18)19)15-9(2)17/h3-6,11H,7H2,1-2H3,(H,15,17)(H,18,19). The van der Waals surface area contributed by atoms with Gasteiger partial charge in [0, 0.05) is 6.92 Å². The molecule has 6 nitrogen and oxygen atoms in total. The second-order valence-corrected chi connectivity index (χ2v) is 4.35. The van der Waals surface area contributed by atoms with E-state index in [4.69, 9.17) is 5.11 Å². The summed E-state index contributed by atoms with van der Waals surface area (Å²) in [6, 6.07) is 6.53. The number of hydrogen-bond acceptors (Lipinski definition) is 3. The molecule has 0 aliphatic heterocycles. The van der Waals surface area contributed by atoms with Gasteiger partial charge >= 0.3 is 5.97 Å². The van der Waals surface area contributed by atoms with Crippen molar-refractivity contribution in [1.82, 2.24) is 14.9 Å². The second kappa shape index (κ2) is 5.09. The Balaban J connectivity index is 2.35. The molecule has 1 aromatic heterocycles. The number of fused-ring (bicyclic) bond motifs is 1. The van der Waals surface area contributed by atoms with Crippen LogP contribution in [0.15, 0.2) is 24.3 Å². The Kier molecular flexibility index (Phi) is 3.50. The van der Waals surface area contributed by atoms with Crippen LogP contribution in [-0.2, 0) is 16.1 Å². The predicted molar refractivity (Wildman–Crippen MR) is 69.7 cm³/mol. The number of carboxylic acids is 1. The molecule has 0 saturated heterocycles. The highest BCUT2D eigenvalue weighted by Crippen LogP contribution is 2.15. The van der Waals surface area contributed by atoms with Gasteiger partial charge in [0.05, 0.1) is 17.6 Å². The summed E-state index contributed by atoms with van der Waals surface area (Å²) in [6.07, 6.45) is 0. The van der Waals surface area contributed by atoms with Crippen LogP contribution in [0.25, 0.3) is 11.0 Å². The summed E-state index contributed by atoms with van der Waals surface area (Å²) in [4.78, 5) is 26.6. The molecule has 0 aliphatic rings. The van der Waals surface area contributed by atoms with Crippen molar-refractivity contribution >= 4 is 22.9 Å². The number of aliphatic carboxylic acids is 1. The minimum Gasteiger partial charge on any atom is -0.480 e. The Morgan fingerprint density at radius 2 is 2.11 bits per heavy atom. The Morgan fingerprint density at radius 3 is 2.74 bits per heavy atom. The SMILES string of the molecule is CC(=O)NC(Cn1c(C)nc2ccccc21)C(=O)O. The average molecular weight is 261 g/mol. The molecule has 100 valence electrons. The van der Waals surface area contributed by atoms with Crippen LogP contribution in [0.2, 0.25) is 0 Å². The lowest BCUT2D eigenvalue weighted by Crippen LogP contribution is -2.42. The fourth-order valence-electron chi connectivity index (χ4n) is 2.04. The van der Waals surface area contributed by atoms with Gasteiger partial charge < -0.3 is 15.0 Å². The lowest BCUT2D eigenvalue weighted by Gasteiger charge is -2.15. The number of amides is 1. The number of carboxylic acid groups (broad SMARTS) is 1. The highest BCUT2D eigenvalue weighted by atomic mass is 16.4. The molecular formula is C13H15N3O3. The molecular weight excluding hydrogens is 246 g/mol. The summed E-state index contributed by atoms with van der Waals surface area (Å²) in [5, 5.41) is 11.6. The van der Waals surface area contributed by atoms with Crippen LogP contribution in [0.4, 0.5) is 0 Å². The largest absolute Gasteiger partial charge is 0.480 e. The van der Waals surface area contributed by atoms with Crippen LogP contribution in [0.1, 0.15) is 12.7 Å². The van der Waals surface area contributed by atoms with E-state index in [2.05, 4.69) is 10.3 Å². The minimum atomic E-state index is -1.06. The molecule has 0 spiro atoms. The van der Waals surface area contributed by atoms with Gasteiger partial charge in [-0.15, -0.1) is 0 Å². The number of nitrogens with zero attached hydrogens (tertiary/aromatic N) is 2. The third-order valence-electron chi connectivity index (χ3n) is 2.89. The van der Waals surface area contributed by atoms with Gasteiger partial charge in [-0.05, 0) is 19.1 Å². The van der Waals surface area contributed by atoms with E-state index in [9.17, 15) is 9.59 Å². The van der Waals surface area contributed by atoms with Crippen LogP contribution < -0.4 is 5.32 Å². The zero-order valence-electron chi connectivity index (χ0n) is 10.8. The zero-order chi connectivity index (χ0) is 14.0. The Hall–Kier alpha value is -2.37. The lowest BCUT2D eigenvalue weighted by atomic mass is 10.2. The molecule has 6 heteroatoms. The third kappa shape index (κ3) is 2.73. The van der Waals surface area contributed by atoms with Crippen LogP contribution in [0.3, 0.4) is 0 Å². The quantitative estimate of drug-likeness (QED) is 0.857. The monoisotopic (exact) mass is 261 g/mol. The number of carbonyl (C=O) groups excluding carboxylic acids is 1. The molecule has 1 aromatic carbocycles. The topological polar surface area (TPSA) is 84.2 Å². The molecule has 0 bridgehead atoms. The number of benzene rings is 1. The van der Waals surface area contributed by atoms with Crippen molar-refractivity contribution in [3.63, 3.8) is 0 Å². The normalized spacial score (nSPS) is 12.3. The van der Waals surface area contributed by atoms with Crippen molar-refractivity contribution in [2.75, 3.05) is 0 Å². The van der Waals surface area contributed by atoms with Crippen molar-refractivity contribution < 1.29 is 14.7 Å². The molecule has 2 rings (SSSR count). The number of rotatable bonds is 4. The van der Waals surface area contributed by atoms with Crippen molar-refractivity contribution in [3.05, 3.63) is 30.1 Å². The highest BCUT2D eigenvalue weighted by Gasteiger charge is 2.20. The van der Waals surface area contributed by atoms with E-state index in [-0.39, 0.29) is 12.5 Å². The molecule has 2 N–H and O–H groups in total. The molecule has 0 fully saturated rings. The van der Waals surface area contributed by atoms with Crippen molar-refractivity contribution in [2.45, 2.75) is 26.4 Å². The minimum absolute atomic E-state index is 0.154. The van der Waals surface area contributed by atoms with Crippen molar-refractivity contribution in [2.24, 2.45) is 0 Å². The first-order valence-electron chi connectivity index (χ1n) is 5.91. The van der Waals surface area contributed by atoms with Crippen molar-refractivity contribution in [3.8, 4) is 0 Å². The van der Waals surface area contributed by atoms with E-state index in [1.165, 1.54) is 6.92 Å². The maximum absolute atomic E-state index is 11.2. The van der Waals surface area contributed by atoms with Crippen LogP contribution in [0.5, 0.6) is 0 Å². The summed E-state index contributed by atoms with van der Waals surface area (Å²) in [6.45, 7) is 3.27. The molecule has 2 aromatic rings. The summed E-state index contributed by atoms with van der Waals surface area (Å²) >= 11 is 0. The van der Waals surface area contributed by atoms with E-state index in [0.29, 0.717) is 0 Å². The molecule has 1 amide bonds. The van der Waals surface area contributed by atoms with Crippen LogP contribution in [0, 0.1) is 6.92 Å². The smallest absolute Gasteiger partial charge is 0.328 e. The first kappa shape index (κ1) is 13.1. The number of carbonyl (C=O) groups is 2. The number of imidazole rings is 1. The second-order valence-electron chi connectivity index (χ2n) is 4.35. The molecule has 1 atom stereocenters. The zero-order valence-corrected chi connectivity index (χ0v) is 10.8. The summed E-state index contributed by atoms with van der Waals surface area (Å²) in [5.41, 5.74) is 1.67. The molecule has 19 heavy (non-hydrogen) atoms. The fourth-order valence-corrected chi connectivity index (χ4v) is 2.04. The van der Waals surface area contributed by atoms with E-state index in [1.54, 1.807) is 4.57 Å². The summed E-state index contributed by atoms with van der Waals surface area (Å²) in [5.74, 6) is -0.709. The third-order valence-corrected chi connectivity index (χ3v) is 2.89. The Morgan fingerprint density at radius 1 is 1.42 bits per heavy atom. The lowest BCUT2D eigenvalue weighted by molar-refractivity contribution is -0.141. The van der Waals surface area contributed by atoms with Crippen molar-refractivity contribution in [1.29, 1.82) is 0 Å². The van der Waals surface area contributed by atoms with Gasteiger partial charge in [0.2, 0.25) is 5.91 Å². The number of hydrogen-bond donors (Lipinski definition) is 2. The number of aryl methyl sites for hydroxylation is 1. The molecule has 0 radical (unpaired) electrons. The van der Waals surface area contributed by atoms with E-state index >= 15 is 0 Å². The summed E-state index contributed by atoms with van der Waals surface area (Å²) in [7, 11) is 0. The predicted octanol–water partition coefficient (Wildman–Crippen LogP) is 0.934. The average Bonchev–Trinajstić information content (AvgIpc) is 2.64. The van der Waals surface area contributed by atoms with E-state index < -0.39 is 12.0 Å². The van der Waals surface area contributed by atoms with Gasteiger partial charge in [-0.1, -0.05) is 12.1 Å². The van der Waals surface area contributed by atoms with Gasteiger partial charge in [-0.25, -0.2) is 9.78 Å². The van der Waals surface area contributed by atoms with E-state index in [0.717, 1.165) is 16.9 Å². The number of aromatic nitrogens is 2. The maximum atomic E-state index is 11.2. The molecule has 1 unspecified atom stereocenters. The Labute approximate surface area is 110 Å². The molecule has 0 saturated carbocycles. The molecule has 0 aliphatic carbocycles. The van der Waals surface area contributed by atoms with E-state index in [1.807, 2.05) is 31.2 Å². The number of nitrogens with one attached hydrogen (secondary N) is 1. The van der Waals surface area contributed by atoms with Crippen LogP contribution in [-0.4, -0.2) is 32.6 Å². The summed E-state index contributed by atoms with van der Waals surface area (Å²) < 4.78 is 1.80. The van der Waals surface area contributed by atoms with Gasteiger partial charge in [0.15, 0.2) is 0 Å². The fraction of sp³-hybridized carbons (Fsp3) is 0.308. The van der Waals surface area contributed by atoms with Gasteiger partial charge in [0.25, 0.3) is 0 Å². The number of para-hydroxylation sites is 2. The van der Waals surface area contributed by atoms with Gasteiger partial charge in [-0.2, -0.15) is 0 Å². The van der Waals surface area contributed by atoms with Gasteiger partial charge in [-0.3, -0.25) is 4.79 Å². The Bertz CT molecular complexity index is 633. The first-order chi connectivity index (χ1) is 8.99. The first-order valence-corrected chi connectivity index (χ1v) is 5.91. The molecule has 1 heterocycles.